The van der Waals surface area contributed by atoms with Gasteiger partial charge in [0.05, 0.1) is 0 Å². The Bertz CT molecular complexity index is 579. The van der Waals surface area contributed by atoms with Crippen LogP contribution in [0.3, 0.4) is 0 Å². The van der Waals surface area contributed by atoms with E-state index in [2.05, 4.69) is 39.0 Å². The van der Waals surface area contributed by atoms with E-state index in [0.29, 0.717) is 0 Å². The van der Waals surface area contributed by atoms with Gasteiger partial charge in [-0.15, -0.1) is 11.3 Å². The van der Waals surface area contributed by atoms with Crippen molar-refractivity contribution in [3.05, 3.63) is 29.8 Å². The highest BCUT2D eigenvalue weighted by Crippen LogP contribution is 2.32. The van der Waals surface area contributed by atoms with Gasteiger partial charge in [0, 0.05) is 4.70 Å². The molecule has 0 aliphatic rings. The van der Waals surface area contributed by atoms with Gasteiger partial charge in [-0.2, -0.15) is 0 Å². The fraction of sp³-hybridized carbons (Fsp3) is 0.556. The van der Waals surface area contributed by atoms with E-state index in [0.717, 1.165) is 23.3 Å². The lowest BCUT2D eigenvalue weighted by Gasteiger charge is -2.12. The van der Waals surface area contributed by atoms with Crippen molar-refractivity contribution in [2.75, 3.05) is 0 Å². The first-order valence-electron chi connectivity index (χ1n) is 8.34. The molecule has 0 aliphatic heterocycles. The maximum absolute atomic E-state index is 8.83. The molecule has 1 aromatic carbocycles. The van der Waals surface area contributed by atoms with Gasteiger partial charge in [0.25, 0.3) is 0 Å². The molecule has 1 unspecified atom stereocenters. The topological polar surface area (TPSA) is 29.5 Å². The lowest BCUT2D eigenvalue weighted by Crippen LogP contribution is -1.99. The minimum Gasteiger partial charge on any atom is -0.531 e. The molecule has 0 amide bonds. The van der Waals surface area contributed by atoms with Gasteiger partial charge in [-0.05, 0) is 47.8 Å². The molecule has 0 bridgehead atoms. The molecule has 0 fully saturated rings. The Morgan fingerprint density at radius 1 is 1.14 bits per heavy atom. The SMILES string of the molecule is CC(C)CCCC(C)CCc1ccc2cc(OBO)sc2c1. The van der Waals surface area contributed by atoms with Crippen LogP contribution < -0.4 is 4.65 Å². The van der Waals surface area contributed by atoms with E-state index in [1.807, 2.05) is 6.07 Å². The summed E-state index contributed by atoms with van der Waals surface area (Å²) in [6.45, 7) is 6.97. The van der Waals surface area contributed by atoms with E-state index in [4.69, 9.17) is 9.68 Å². The van der Waals surface area contributed by atoms with Crippen molar-refractivity contribution in [1.82, 2.24) is 0 Å². The summed E-state index contributed by atoms with van der Waals surface area (Å²) in [7, 11) is -0.256. The highest BCUT2D eigenvalue weighted by atomic mass is 32.1. The fourth-order valence-corrected chi connectivity index (χ4v) is 3.74. The zero-order valence-corrected chi connectivity index (χ0v) is 14.8. The van der Waals surface area contributed by atoms with Crippen LogP contribution in [0.5, 0.6) is 5.06 Å². The van der Waals surface area contributed by atoms with Crippen LogP contribution >= 0.6 is 11.3 Å². The minimum atomic E-state index is -0.256. The van der Waals surface area contributed by atoms with Gasteiger partial charge in [0.2, 0.25) is 0 Å². The van der Waals surface area contributed by atoms with Gasteiger partial charge >= 0.3 is 7.69 Å². The summed E-state index contributed by atoms with van der Waals surface area (Å²) in [4.78, 5) is 0. The van der Waals surface area contributed by atoms with Gasteiger partial charge in [0.15, 0.2) is 5.06 Å². The van der Waals surface area contributed by atoms with Crippen LogP contribution in [0.1, 0.15) is 52.0 Å². The predicted molar refractivity (Wildman–Crippen MR) is 98.0 cm³/mol. The number of fused-ring (bicyclic) bond motifs is 1. The number of hydrogen-bond acceptors (Lipinski definition) is 3. The lowest BCUT2D eigenvalue weighted by molar-refractivity contribution is 0.437. The van der Waals surface area contributed by atoms with Gasteiger partial charge in [-0.1, -0.05) is 52.2 Å². The van der Waals surface area contributed by atoms with Gasteiger partial charge in [-0.25, -0.2) is 0 Å². The van der Waals surface area contributed by atoms with Crippen molar-refractivity contribution in [1.29, 1.82) is 0 Å². The van der Waals surface area contributed by atoms with Crippen LogP contribution in [0.4, 0.5) is 0 Å². The Hall–Kier alpha value is -0.995. The average Bonchev–Trinajstić information content (AvgIpc) is 2.86. The van der Waals surface area contributed by atoms with Crippen LogP contribution in [-0.2, 0) is 6.42 Å². The van der Waals surface area contributed by atoms with Crippen molar-refractivity contribution < 1.29 is 9.68 Å². The van der Waals surface area contributed by atoms with Gasteiger partial charge in [0.1, 0.15) is 0 Å². The summed E-state index contributed by atoms with van der Waals surface area (Å²) in [5, 5.41) is 10.8. The third kappa shape index (κ3) is 5.33. The van der Waals surface area contributed by atoms with Crippen LogP contribution in [0.25, 0.3) is 10.1 Å². The summed E-state index contributed by atoms with van der Waals surface area (Å²) in [5.41, 5.74) is 1.40. The van der Waals surface area contributed by atoms with Crippen molar-refractivity contribution in [3.63, 3.8) is 0 Å². The largest absolute Gasteiger partial charge is 0.531 e. The van der Waals surface area contributed by atoms with Crippen molar-refractivity contribution >= 4 is 29.1 Å². The summed E-state index contributed by atoms with van der Waals surface area (Å²) in [6.07, 6.45) is 6.44. The van der Waals surface area contributed by atoms with Gasteiger partial charge < -0.3 is 9.68 Å². The highest BCUT2D eigenvalue weighted by Gasteiger charge is 2.07. The molecule has 0 aliphatic carbocycles. The molecule has 1 heterocycles. The molecular weight excluding hydrogens is 291 g/mol. The fourth-order valence-electron chi connectivity index (χ4n) is 2.77. The van der Waals surface area contributed by atoms with E-state index in [-0.39, 0.29) is 7.69 Å². The lowest BCUT2D eigenvalue weighted by atomic mass is 9.94. The molecule has 22 heavy (non-hydrogen) atoms. The van der Waals surface area contributed by atoms with Crippen LogP contribution in [0.15, 0.2) is 24.3 Å². The monoisotopic (exact) mass is 318 g/mol. The Labute approximate surface area is 138 Å². The van der Waals surface area contributed by atoms with E-state index in [1.165, 1.54) is 41.3 Å². The van der Waals surface area contributed by atoms with E-state index < -0.39 is 0 Å². The molecule has 0 saturated carbocycles. The van der Waals surface area contributed by atoms with Crippen molar-refractivity contribution in [2.45, 2.75) is 52.9 Å². The molecule has 1 N–H and O–H groups in total. The summed E-state index contributed by atoms with van der Waals surface area (Å²) in [6, 6.07) is 8.65. The number of hydrogen-bond donors (Lipinski definition) is 1. The minimum absolute atomic E-state index is 0.256. The average molecular weight is 318 g/mol. The van der Waals surface area contributed by atoms with Crippen LogP contribution in [0.2, 0.25) is 0 Å². The second-order valence-corrected chi connectivity index (χ2v) is 7.73. The number of rotatable bonds is 9. The van der Waals surface area contributed by atoms with Crippen LogP contribution in [-0.4, -0.2) is 12.7 Å². The van der Waals surface area contributed by atoms with E-state index in [9.17, 15) is 0 Å². The first-order chi connectivity index (χ1) is 10.6. The first-order valence-corrected chi connectivity index (χ1v) is 9.16. The molecule has 120 valence electrons. The molecule has 2 aromatic rings. The molecular formula is C18H27BO2S. The highest BCUT2D eigenvalue weighted by molar-refractivity contribution is 7.20. The molecule has 2 nitrogen and oxygen atoms in total. The summed E-state index contributed by atoms with van der Waals surface area (Å²) < 4.78 is 6.41. The zero-order valence-electron chi connectivity index (χ0n) is 14.0. The second kappa shape index (κ2) is 8.59. The number of thiophene rings is 1. The normalized spacial score (nSPS) is 12.8. The van der Waals surface area contributed by atoms with Crippen molar-refractivity contribution in [2.24, 2.45) is 11.8 Å². The molecule has 1 aromatic heterocycles. The van der Waals surface area contributed by atoms with Crippen molar-refractivity contribution in [3.8, 4) is 5.06 Å². The maximum Gasteiger partial charge on any atom is 0.504 e. The second-order valence-electron chi connectivity index (χ2n) is 6.68. The maximum atomic E-state index is 8.83. The molecule has 0 saturated heterocycles. The standard InChI is InChI=1S/C18H27BO2S/c1-13(2)5-4-6-14(3)7-8-15-9-10-16-12-18(21-19-20)22-17(16)11-15/h9-14,19-20H,4-8H2,1-3H3. The molecule has 1 atom stereocenters. The summed E-state index contributed by atoms with van der Waals surface area (Å²) >= 11 is 1.61. The quantitative estimate of drug-likeness (QED) is 0.664. The number of benzene rings is 1. The molecule has 0 spiro atoms. The Balaban J connectivity index is 1.86. The predicted octanol–water partition coefficient (Wildman–Crippen LogP) is 4.93. The Morgan fingerprint density at radius 2 is 1.95 bits per heavy atom. The molecule has 4 heteroatoms. The zero-order chi connectivity index (χ0) is 15.9. The Kier molecular flexibility index (Phi) is 6.78. The third-order valence-electron chi connectivity index (χ3n) is 4.17. The Morgan fingerprint density at radius 3 is 2.68 bits per heavy atom. The van der Waals surface area contributed by atoms with E-state index >= 15 is 0 Å². The number of aryl methyl sites for hydroxylation is 1. The van der Waals surface area contributed by atoms with Gasteiger partial charge in [-0.3, -0.25) is 0 Å². The first kappa shape index (κ1) is 17.4. The molecule has 2 rings (SSSR count). The third-order valence-corrected chi connectivity index (χ3v) is 5.18. The summed E-state index contributed by atoms with van der Waals surface area (Å²) in [5.74, 6) is 1.62. The smallest absolute Gasteiger partial charge is 0.504 e. The van der Waals surface area contributed by atoms with Crippen LogP contribution in [0, 0.1) is 11.8 Å². The van der Waals surface area contributed by atoms with E-state index in [1.54, 1.807) is 11.3 Å². The molecule has 0 radical (unpaired) electrons.